The summed E-state index contributed by atoms with van der Waals surface area (Å²) < 4.78 is 11.9. The summed E-state index contributed by atoms with van der Waals surface area (Å²) in [6.07, 6.45) is 2.61. The van der Waals surface area contributed by atoms with E-state index >= 15 is 0 Å². The van der Waals surface area contributed by atoms with Gasteiger partial charge in [-0.05, 0) is 53.6 Å². The van der Waals surface area contributed by atoms with Gasteiger partial charge < -0.3 is 19.7 Å². The number of thioether (sulfide) groups is 1. The summed E-state index contributed by atoms with van der Waals surface area (Å²) in [6.45, 7) is 4.68. The van der Waals surface area contributed by atoms with E-state index in [9.17, 15) is 9.90 Å². The Bertz CT molecular complexity index is 945. The molecule has 0 spiro atoms. The third kappa shape index (κ3) is 5.54. The number of nitrogens with one attached hydrogen (secondary N) is 1. The van der Waals surface area contributed by atoms with Crippen molar-refractivity contribution in [2.75, 3.05) is 11.9 Å². The van der Waals surface area contributed by atoms with Crippen molar-refractivity contribution in [1.29, 1.82) is 0 Å². The summed E-state index contributed by atoms with van der Waals surface area (Å²) in [4.78, 5) is 12.8. The van der Waals surface area contributed by atoms with Crippen LogP contribution in [0, 0.1) is 0 Å². The van der Waals surface area contributed by atoms with Crippen LogP contribution in [0.15, 0.2) is 64.1 Å². The van der Waals surface area contributed by atoms with Crippen molar-refractivity contribution in [2.24, 2.45) is 0 Å². The van der Waals surface area contributed by atoms with Crippen molar-refractivity contribution in [3.05, 3.63) is 54.6 Å². The number of anilines is 1. The van der Waals surface area contributed by atoms with Crippen LogP contribution in [0.1, 0.15) is 33.1 Å². The molecule has 1 amide bonds. The van der Waals surface area contributed by atoms with E-state index in [1.54, 1.807) is 12.1 Å². The number of ether oxygens (including phenoxy) is 1. The molecule has 0 aliphatic carbocycles. The van der Waals surface area contributed by atoms with Crippen LogP contribution >= 0.6 is 11.8 Å². The largest absolute Gasteiger partial charge is 0.538 e. The Morgan fingerprint density at radius 1 is 1.20 bits per heavy atom. The number of hydrogen-bond acceptors (Lipinski definition) is 6. The molecule has 1 aromatic heterocycles. The highest BCUT2D eigenvalue weighted by Crippen LogP contribution is 2.30. The maximum atomic E-state index is 12.8. The van der Waals surface area contributed by atoms with Crippen LogP contribution in [0.5, 0.6) is 11.7 Å². The van der Waals surface area contributed by atoms with Crippen LogP contribution in [0.2, 0.25) is 0 Å². The van der Waals surface area contributed by atoms with Gasteiger partial charge in [-0.1, -0.05) is 38.5 Å². The molecule has 0 saturated heterocycles. The smallest absolute Gasteiger partial charge is 0.298 e. The van der Waals surface area contributed by atoms with Crippen LogP contribution in [0.25, 0.3) is 5.69 Å². The molecule has 0 fully saturated rings. The molecular weight excluding hydrogens is 402 g/mol. The van der Waals surface area contributed by atoms with Crippen molar-refractivity contribution >= 4 is 23.4 Å². The number of amides is 1. The minimum atomic E-state index is -0.566. The molecule has 30 heavy (non-hydrogen) atoms. The van der Waals surface area contributed by atoms with Gasteiger partial charge in [0.1, 0.15) is 5.75 Å². The number of aromatic nitrogens is 2. The number of rotatable bonds is 10. The van der Waals surface area contributed by atoms with Crippen LogP contribution in [0.3, 0.4) is 0 Å². The molecule has 1 N–H and O–H groups in total. The number of unbranched alkanes of at least 4 members (excludes halogenated alkanes) is 1. The lowest BCUT2D eigenvalue weighted by Gasteiger charge is -2.13. The van der Waals surface area contributed by atoms with E-state index in [-0.39, 0.29) is 10.9 Å². The molecule has 8 heteroatoms. The molecule has 0 aliphatic rings. The van der Waals surface area contributed by atoms with Gasteiger partial charge >= 0.3 is 0 Å². The summed E-state index contributed by atoms with van der Waals surface area (Å²) in [5, 5.41) is 18.7. The number of nitrogens with zero attached hydrogens (tertiary/aromatic N) is 2. The maximum Gasteiger partial charge on any atom is 0.298 e. The minimum Gasteiger partial charge on any atom is -0.538 e. The van der Waals surface area contributed by atoms with E-state index in [0.717, 1.165) is 30.4 Å². The monoisotopic (exact) mass is 427 g/mol. The number of carbonyl (C=O) groups excluding carboxylic acids is 1. The summed E-state index contributed by atoms with van der Waals surface area (Å²) >= 11 is 1.15. The molecule has 3 aromatic rings. The number of hydrogen-bond donors (Lipinski definition) is 1. The number of para-hydroxylation sites is 1. The molecule has 7 nitrogen and oxygen atoms in total. The average Bonchev–Trinajstić information content (AvgIpc) is 3.14. The summed E-state index contributed by atoms with van der Waals surface area (Å²) in [6, 6.07) is 16.5. The van der Waals surface area contributed by atoms with Crippen molar-refractivity contribution < 1.29 is 23.8 Å². The van der Waals surface area contributed by atoms with E-state index in [1.165, 1.54) is 4.68 Å². The Morgan fingerprint density at radius 3 is 2.60 bits per heavy atom. The summed E-state index contributed by atoms with van der Waals surface area (Å²) in [5.41, 5.74) is 1.37. The molecule has 2 aromatic carbocycles. The van der Waals surface area contributed by atoms with E-state index in [0.29, 0.717) is 24.4 Å². The van der Waals surface area contributed by atoms with Gasteiger partial charge in [-0.25, -0.2) is 0 Å². The second kappa shape index (κ2) is 10.7. The van der Waals surface area contributed by atoms with E-state index in [1.807, 2.05) is 49.4 Å². The van der Waals surface area contributed by atoms with Crippen molar-refractivity contribution in [1.82, 2.24) is 5.27 Å². The van der Waals surface area contributed by atoms with Gasteiger partial charge in [0.2, 0.25) is 11.6 Å². The Morgan fingerprint density at radius 2 is 1.93 bits per heavy atom. The predicted octanol–water partition coefficient (Wildman–Crippen LogP) is 3.71. The zero-order valence-corrected chi connectivity index (χ0v) is 17.9. The maximum absolute atomic E-state index is 12.8. The summed E-state index contributed by atoms with van der Waals surface area (Å²) in [5.74, 6) is 0.0123. The second-order valence-electron chi connectivity index (χ2n) is 6.64. The standard InChI is InChI=1S/C22H25N3O4S/c1-3-5-15-28-18-13-11-16(12-14-18)23-20(26)19(4-2)30-21-22(27)29-24-25(21)17-9-7-6-8-10-17/h6-14,19H,3-5,15H2,1-2H3,(H-,23,24,26,27). The zero-order valence-electron chi connectivity index (χ0n) is 17.0. The van der Waals surface area contributed by atoms with E-state index in [4.69, 9.17) is 9.26 Å². The van der Waals surface area contributed by atoms with Crippen molar-refractivity contribution in [3.63, 3.8) is 0 Å². The molecule has 0 saturated carbocycles. The SMILES string of the molecule is CCCCOc1ccc(NC(=O)C(CC)Sc2c([O-])on[n+]2-c2ccccc2)cc1. The number of carbonyl (C=O) groups is 1. The van der Waals surface area contributed by atoms with Crippen LogP contribution in [0.4, 0.5) is 5.69 Å². The highest BCUT2D eigenvalue weighted by atomic mass is 32.2. The Hall–Kier alpha value is -3.00. The molecular formula is C22H25N3O4S. The molecule has 1 unspecified atom stereocenters. The summed E-state index contributed by atoms with van der Waals surface area (Å²) in [7, 11) is 0. The zero-order chi connectivity index (χ0) is 21.3. The van der Waals surface area contributed by atoms with Crippen LogP contribution in [-0.4, -0.2) is 23.0 Å². The first-order chi connectivity index (χ1) is 14.6. The quantitative estimate of drug-likeness (QED) is 0.301. The Balaban J connectivity index is 1.67. The topological polar surface area (TPSA) is 91.3 Å². The fourth-order valence-corrected chi connectivity index (χ4v) is 3.69. The fraction of sp³-hybridized carbons (Fsp3) is 0.318. The lowest BCUT2D eigenvalue weighted by molar-refractivity contribution is -0.705. The van der Waals surface area contributed by atoms with E-state index in [2.05, 4.69) is 17.5 Å². The first-order valence-electron chi connectivity index (χ1n) is 9.97. The van der Waals surface area contributed by atoms with Gasteiger partial charge in [0.05, 0.1) is 17.1 Å². The molecule has 0 aliphatic heterocycles. The Kier molecular flexibility index (Phi) is 7.73. The molecule has 1 atom stereocenters. The highest BCUT2D eigenvalue weighted by Gasteiger charge is 2.28. The van der Waals surface area contributed by atoms with Gasteiger partial charge in [-0.2, -0.15) is 0 Å². The van der Waals surface area contributed by atoms with Gasteiger partial charge in [0.25, 0.3) is 5.03 Å². The molecule has 158 valence electrons. The van der Waals surface area contributed by atoms with Gasteiger partial charge in [-0.3, -0.25) is 4.79 Å². The average molecular weight is 428 g/mol. The molecule has 1 heterocycles. The second-order valence-corrected chi connectivity index (χ2v) is 7.83. The third-order valence-electron chi connectivity index (χ3n) is 4.38. The predicted molar refractivity (Wildman–Crippen MR) is 113 cm³/mol. The van der Waals surface area contributed by atoms with Gasteiger partial charge in [0, 0.05) is 17.8 Å². The molecule has 3 rings (SSSR count). The minimum absolute atomic E-state index is 0.192. The van der Waals surface area contributed by atoms with Gasteiger partial charge in [0.15, 0.2) is 5.95 Å². The first-order valence-corrected chi connectivity index (χ1v) is 10.8. The molecule has 0 bridgehead atoms. The number of benzene rings is 2. The van der Waals surface area contributed by atoms with Crippen molar-refractivity contribution in [2.45, 2.75) is 43.4 Å². The normalized spacial score (nSPS) is 11.8. The lowest BCUT2D eigenvalue weighted by atomic mass is 10.2. The third-order valence-corrected chi connectivity index (χ3v) is 5.77. The van der Waals surface area contributed by atoms with Crippen molar-refractivity contribution in [3.8, 4) is 17.4 Å². The van der Waals surface area contributed by atoms with Crippen LogP contribution in [-0.2, 0) is 4.79 Å². The molecule has 0 radical (unpaired) electrons. The van der Waals surface area contributed by atoms with Gasteiger partial charge in [-0.15, -0.1) is 0 Å². The fourth-order valence-electron chi connectivity index (χ4n) is 2.72. The Labute approximate surface area is 180 Å². The van der Waals surface area contributed by atoms with Crippen LogP contribution < -0.4 is 19.8 Å². The van der Waals surface area contributed by atoms with E-state index < -0.39 is 11.2 Å². The lowest BCUT2D eigenvalue weighted by Crippen LogP contribution is -2.36. The highest BCUT2D eigenvalue weighted by molar-refractivity contribution is 8.00. The first kappa shape index (κ1) is 21.7.